The number of piperidine rings is 2. The molecule has 2 aliphatic rings. The molecular weight excluding hydrogens is 270 g/mol. The maximum absolute atomic E-state index is 9.72. The van der Waals surface area contributed by atoms with Crippen LogP contribution in [0, 0.1) is 5.92 Å². The quantitative estimate of drug-likeness (QED) is 0.845. The maximum atomic E-state index is 9.72. The first-order valence-electron chi connectivity index (χ1n) is 7.95. The Morgan fingerprint density at radius 3 is 2.55 bits per heavy atom. The fraction of sp³-hybridized carbons (Fsp3) is 0.647. The second-order valence-corrected chi connectivity index (χ2v) is 7.03. The van der Waals surface area contributed by atoms with Gasteiger partial charge in [-0.1, -0.05) is 23.7 Å². The van der Waals surface area contributed by atoms with Gasteiger partial charge in [-0.2, -0.15) is 0 Å². The molecule has 0 radical (unpaired) electrons. The van der Waals surface area contributed by atoms with Crippen molar-refractivity contribution in [2.45, 2.75) is 44.7 Å². The fourth-order valence-electron chi connectivity index (χ4n) is 4.48. The van der Waals surface area contributed by atoms with Crippen LogP contribution >= 0.6 is 11.6 Å². The van der Waals surface area contributed by atoms with Crippen molar-refractivity contribution in [1.82, 2.24) is 0 Å². The van der Waals surface area contributed by atoms with Crippen LogP contribution in [0.4, 0.5) is 0 Å². The highest BCUT2D eigenvalue weighted by molar-refractivity contribution is 6.30. The fourth-order valence-corrected chi connectivity index (χ4v) is 4.61. The molecule has 0 aromatic heterocycles. The lowest BCUT2D eigenvalue weighted by Crippen LogP contribution is -2.63. The summed E-state index contributed by atoms with van der Waals surface area (Å²) in [6.45, 7) is 4.04. The van der Waals surface area contributed by atoms with Crippen molar-refractivity contribution in [1.29, 1.82) is 0 Å². The molecule has 2 heterocycles. The maximum Gasteiger partial charge on any atom is 0.105 e. The average molecular weight is 295 g/mol. The van der Waals surface area contributed by atoms with Crippen LogP contribution < -0.4 is 0 Å². The van der Waals surface area contributed by atoms with E-state index in [1.54, 1.807) is 0 Å². The topological polar surface area (TPSA) is 20.2 Å². The monoisotopic (exact) mass is 294 g/mol. The molecule has 0 spiro atoms. The lowest BCUT2D eigenvalue weighted by atomic mass is 9.81. The van der Waals surface area contributed by atoms with Gasteiger partial charge in [-0.05, 0) is 37.8 Å². The minimum Gasteiger partial charge on any atom is -0.396 e. The molecule has 3 heteroatoms. The number of fused-ring (bicyclic) bond motifs is 1. The zero-order chi connectivity index (χ0) is 14.0. The molecule has 0 bridgehead atoms. The minimum absolute atomic E-state index is 0.366. The summed E-state index contributed by atoms with van der Waals surface area (Å²) >= 11 is 6.00. The average Bonchev–Trinajstić information content (AvgIpc) is 2.49. The Bertz CT molecular complexity index is 443. The molecule has 2 saturated heterocycles. The Morgan fingerprint density at radius 2 is 1.80 bits per heavy atom. The number of benzene rings is 1. The van der Waals surface area contributed by atoms with Gasteiger partial charge in [0, 0.05) is 22.9 Å². The van der Waals surface area contributed by atoms with Crippen molar-refractivity contribution >= 4 is 11.6 Å². The van der Waals surface area contributed by atoms with E-state index in [9.17, 15) is 5.11 Å². The molecule has 0 saturated carbocycles. The first kappa shape index (κ1) is 14.4. The van der Waals surface area contributed by atoms with Crippen LogP contribution in [-0.2, 0) is 6.54 Å². The van der Waals surface area contributed by atoms with Gasteiger partial charge < -0.3 is 9.59 Å². The Balaban J connectivity index is 1.84. The van der Waals surface area contributed by atoms with Gasteiger partial charge >= 0.3 is 0 Å². The van der Waals surface area contributed by atoms with Crippen molar-refractivity contribution < 1.29 is 9.59 Å². The van der Waals surface area contributed by atoms with Crippen LogP contribution in [0.2, 0.25) is 5.02 Å². The summed E-state index contributed by atoms with van der Waals surface area (Å²) in [6.07, 6.45) is 6.43. The highest BCUT2D eigenvalue weighted by atomic mass is 35.5. The summed E-state index contributed by atoms with van der Waals surface area (Å²) in [5, 5.41) is 10.5. The van der Waals surface area contributed by atoms with Crippen molar-refractivity contribution in [2.24, 2.45) is 5.92 Å². The first-order chi connectivity index (χ1) is 9.73. The minimum atomic E-state index is 0.366. The van der Waals surface area contributed by atoms with E-state index in [-0.39, 0.29) is 0 Å². The molecule has 1 aromatic carbocycles. The SMILES string of the molecule is OC[C@@H]1CCC[N+]2(Cc3ccc(Cl)cc3)CCCC[C@H]12. The van der Waals surface area contributed by atoms with Crippen LogP contribution in [0.15, 0.2) is 24.3 Å². The molecule has 20 heavy (non-hydrogen) atoms. The van der Waals surface area contributed by atoms with Crippen molar-refractivity contribution in [3.63, 3.8) is 0 Å². The molecule has 0 amide bonds. The molecular formula is C17H25ClNO+. The van der Waals surface area contributed by atoms with Gasteiger partial charge in [0.15, 0.2) is 0 Å². The predicted molar refractivity (Wildman–Crippen MR) is 82.6 cm³/mol. The number of halogens is 1. The van der Waals surface area contributed by atoms with Crippen molar-refractivity contribution in [3.05, 3.63) is 34.9 Å². The second kappa shape index (κ2) is 6.05. The van der Waals surface area contributed by atoms with Crippen molar-refractivity contribution in [3.8, 4) is 0 Å². The molecule has 0 aliphatic carbocycles. The van der Waals surface area contributed by atoms with Gasteiger partial charge in [0.05, 0.1) is 25.7 Å². The Labute approximate surface area is 127 Å². The van der Waals surface area contributed by atoms with Crippen LogP contribution in [-0.4, -0.2) is 35.3 Å². The molecule has 110 valence electrons. The van der Waals surface area contributed by atoms with Gasteiger partial charge in [-0.3, -0.25) is 0 Å². The Hall–Kier alpha value is -0.570. The smallest absolute Gasteiger partial charge is 0.105 e. The van der Waals surface area contributed by atoms with E-state index in [2.05, 4.69) is 12.1 Å². The van der Waals surface area contributed by atoms with E-state index < -0.39 is 0 Å². The third-order valence-corrected chi connectivity index (χ3v) is 5.68. The highest BCUT2D eigenvalue weighted by Crippen LogP contribution is 2.39. The zero-order valence-corrected chi connectivity index (χ0v) is 12.9. The van der Waals surface area contributed by atoms with Crippen LogP contribution in [0.5, 0.6) is 0 Å². The van der Waals surface area contributed by atoms with Gasteiger partial charge in [0.25, 0.3) is 0 Å². The molecule has 2 fully saturated rings. The van der Waals surface area contributed by atoms with Crippen LogP contribution in [0.25, 0.3) is 0 Å². The number of rotatable bonds is 3. The van der Waals surface area contributed by atoms with Gasteiger partial charge in [-0.25, -0.2) is 0 Å². The van der Waals surface area contributed by atoms with E-state index in [4.69, 9.17) is 11.6 Å². The molecule has 3 rings (SSSR count). The molecule has 1 unspecified atom stereocenters. The lowest BCUT2D eigenvalue weighted by molar-refractivity contribution is -0.976. The van der Waals surface area contributed by atoms with E-state index in [1.807, 2.05) is 12.1 Å². The number of aliphatic hydroxyl groups excluding tert-OH is 1. The van der Waals surface area contributed by atoms with Crippen LogP contribution in [0.3, 0.4) is 0 Å². The molecule has 1 N–H and O–H groups in total. The summed E-state index contributed by atoms with van der Waals surface area (Å²) < 4.78 is 1.20. The van der Waals surface area contributed by atoms with E-state index in [1.165, 1.54) is 55.2 Å². The Morgan fingerprint density at radius 1 is 1.05 bits per heavy atom. The third-order valence-electron chi connectivity index (χ3n) is 5.42. The number of hydrogen-bond acceptors (Lipinski definition) is 1. The summed E-state index contributed by atoms with van der Waals surface area (Å²) in [5.74, 6) is 0.511. The highest BCUT2D eigenvalue weighted by Gasteiger charge is 2.45. The largest absolute Gasteiger partial charge is 0.396 e. The van der Waals surface area contributed by atoms with Gasteiger partial charge in [-0.15, -0.1) is 0 Å². The summed E-state index contributed by atoms with van der Waals surface area (Å²) in [7, 11) is 0. The number of hydrogen-bond donors (Lipinski definition) is 1. The van der Waals surface area contributed by atoms with Gasteiger partial charge in [0.2, 0.25) is 0 Å². The van der Waals surface area contributed by atoms with E-state index in [0.29, 0.717) is 18.6 Å². The Kier molecular flexibility index (Phi) is 4.34. The summed E-state index contributed by atoms with van der Waals surface area (Å²) in [6, 6.07) is 9.01. The first-order valence-corrected chi connectivity index (χ1v) is 8.32. The normalized spacial score (nSPS) is 33.7. The second-order valence-electron chi connectivity index (χ2n) is 6.60. The standard InChI is InChI=1S/C17H25ClNO/c18-16-8-6-14(7-9-16)12-19-10-2-1-5-17(19)15(13-20)4-3-11-19/h6-9,15,17,20H,1-5,10-13H2/q+1/t15-,17+,19?/m0/s1. The van der Waals surface area contributed by atoms with Crippen LogP contribution in [0.1, 0.15) is 37.7 Å². The summed E-state index contributed by atoms with van der Waals surface area (Å²) in [4.78, 5) is 0. The number of quaternary nitrogens is 1. The lowest BCUT2D eigenvalue weighted by Gasteiger charge is -2.53. The third kappa shape index (κ3) is 2.74. The molecule has 1 aromatic rings. The van der Waals surface area contributed by atoms with Crippen molar-refractivity contribution in [2.75, 3.05) is 19.7 Å². The predicted octanol–water partition coefficient (Wildman–Crippen LogP) is 3.61. The number of aliphatic hydroxyl groups is 1. The van der Waals surface area contributed by atoms with E-state index in [0.717, 1.165) is 11.6 Å². The zero-order valence-electron chi connectivity index (χ0n) is 12.1. The van der Waals surface area contributed by atoms with E-state index >= 15 is 0 Å². The van der Waals surface area contributed by atoms with Gasteiger partial charge in [0.1, 0.15) is 6.54 Å². The molecule has 3 atom stereocenters. The number of nitrogens with zero attached hydrogens (tertiary/aromatic N) is 1. The molecule has 2 nitrogen and oxygen atoms in total. The molecule has 2 aliphatic heterocycles. The summed E-state index contributed by atoms with van der Waals surface area (Å²) in [5.41, 5.74) is 1.39.